The van der Waals surface area contributed by atoms with Gasteiger partial charge in [0.15, 0.2) is 0 Å². The number of esters is 1. The van der Waals surface area contributed by atoms with Crippen LogP contribution >= 0.6 is 0 Å². The van der Waals surface area contributed by atoms with Crippen molar-refractivity contribution in [2.24, 2.45) is 0 Å². The smallest absolute Gasteiger partial charge is 0.309 e. The Morgan fingerprint density at radius 3 is 2.58 bits per heavy atom. The Kier molecular flexibility index (Phi) is 7.93. The van der Waals surface area contributed by atoms with Gasteiger partial charge >= 0.3 is 5.97 Å². The number of carbonyl (C=O) groups excluding carboxylic acids is 1. The predicted molar refractivity (Wildman–Crippen MR) is 148 cm³/mol. The molecule has 0 bridgehead atoms. The molecular weight excluding hydrogens is 481 g/mol. The number of imidazole rings is 1. The van der Waals surface area contributed by atoms with Crippen molar-refractivity contribution < 1.29 is 19.0 Å². The molecule has 0 spiro atoms. The van der Waals surface area contributed by atoms with Crippen molar-refractivity contribution in [2.45, 2.75) is 83.0 Å². The van der Waals surface area contributed by atoms with E-state index in [1.807, 2.05) is 16.8 Å². The van der Waals surface area contributed by atoms with E-state index < -0.39 is 18.2 Å². The first-order valence-electron chi connectivity index (χ1n) is 13.7. The van der Waals surface area contributed by atoms with Crippen LogP contribution in [0.2, 0.25) is 0 Å². The van der Waals surface area contributed by atoms with E-state index in [4.69, 9.17) is 9.72 Å². The first-order chi connectivity index (χ1) is 18.4. The fourth-order valence-electron chi connectivity index (χ4n) is 5.44. The fraction of sp³-hybridized carbons (Fsp3) is 0.419. The molecule has 7 heteroatoms. The summed E-state index contributed by atoms with van der Waals surface area (Å²) in [5.41, 5.74) is 4.51. The van der Waals surface area contributed by atoms with Gasteiger partial charge in [-0.3, -0.25) is 4.79 Å². The van der Waals surface area contributed by atoms with Crippen molar-refractivity contribution in [3.8, 4) is 22.5 Å². The van der Waals surface area contributed by atoms with Gasteiger partial charge in [-0.25, -0.2) is 9.37 Å². The highest BCUT2D eigenvalue weighted by Gasteiger charge is 2.26. The molecule has 2 aliphatic rings. The molecule has 2 heterocycles. The quantitative estimate of drug-likeness (QED) is 0.339. The molecule has 0 unspecified atom stereocenters. The highest BCUT2D eigenvalue weighted by atomic mass is 19.1. The van der Waals surface area contributed by atoms with Crippen molar-refractivity contribution in [3.63, 3.8) is 0 Å². The van der Waals surface area contributed by atoms with Crippen molar-refractivity contribution in [1.29, 1.82) is 0 Å². The van der Waals surface area contributed by atoms with E-state index >= 15 is 0 Å². The normalized spacial score (nSPS) is 20.7. The number of carbonyl (C=O) groups is 1. The number of rotatable bonds is 7. The molecule has 2 atom stereocenters. The van der Waals surface area contributed by atoms with Crippen LogP contribution in [0.4, 0.5) is 10.1 Å². The maximum Gasteiger partial charge on any atom is 0.309 e. The summed E-state index contributed by atoms with van der Waals surface area (Å²) in [6, 6.07) is 15.2. The van der Waals surface area contributed by atoms with Crippen LogP contribution in [-0.4, -0.2) is 38.9 Å². The molecule has 6 nitrogen and oxygen atoms in total. The van der Waals surface area contributed by atoms with Crippen LogP contribution in [0.1, 0.15) is 70.5 Å². The highest BCUT2D eigenvalue weighted by molar-refractivity contribution is 5.82. The molecular formula is C31H36FN3O3. The number of nitrogens with one attached hydrogen (secondary N) is 1. The SMILES string of the molecule is CC(C)c1nc(-c2cccc(NC3CCCCC3)c2)c(-c2ccc(F)cc2)n1/C=C/[C@H]1C[C@H](O)CC(=O)O1. The molecule has 2 aromatic carbocycles. The van der Waals surface area contributed by atoms with Crippen LogP contribution in [0, 0.1) is 5.82 Å². The largest absolute Gasteiger partial charge is 0.458 e. The van der Waals surface area contributed by atoms with Gasteiger partial charge in [0.2, 0.25) is 0 Å². The van der Waals surface area contributed by atoms with E-state index in [1.54, 1.807) is 18.2 Å². The third-order valence-electron chi connectivity index (χ3n) is 7.32. The van der Waals surface area contributed by atoms with Gasteiger partial charge in [0.1, 0.15) is 17.7 Å². The first-order valence-corrected chi connectivity index (χ1v) is 13.7. The van der Waals surface area contributed by atoms with Crippen molar-refractivity contribution in [3.05, 3.63) is 66.2 Å². The summed E-state index contributed by atoms with van der Waals surface area (Å²) in [6.45, 7) is 4.16. The van der Waals surface area contributed by atoms with E-state index in [1.165, 1.54) is 44.2 Å². The molecule has 1 aromatic heterocycles. The van der Waals surface area contributed by atoms with E-state index in [0.29, 0.717) is 12.5 Å². The number of anilines is 1. The zero-order valence-electron chi connectivity index (χ0n) is 22.1. The van der Waals surface area contributed by atoms with Crippen LogP contribution < -0.4 is 5.32 Å². The number of aliphatic hydroxyl groups excluding tert-OH is 1. The van der Waals surface area contributed by atoms with Crippen molar-refractivity contribution in [2.75, 3.05) is 5.32 Å². The molecule has 5 rings (SSSR count). The van der Waals surface area contributed by atoms with Crippen LogP contribution in [0.25, 0.3) is 28.7 Å². The number of halogens is 1. The summed E-state index contributed by atoms with van der Waals surface area (Å²) in [5.74, 6) is 0.220. The Balaban J connectivity index is 1.58. The second kappa shape index (κ2) is 11.5. The Hall–Kier alpha value is -3.45. The van der Waals surface area contributed by atoms with Gasteiger partial charge in [0, 0.05) is 41.4 Å². The standard InChI is InChI=1S/C31H36FN3O3/c1-20(2)31-34-29(22-7-6-10-25(17-22)33-24-8-4-3-5-9-24)30(21-11-13-23(32)14-12-21)35(31)16-15-27-18-26(36)19-28(37)38-27/h6-7,10-17,20,24,26-27,33,36H,3-5,8-9,18-19H2,1-2H3/b16-15+/t26-,27-/m0/s1. The molecule has 0 amide bonds. The third kappa shape index (κ3) is 5.99. The summed E-state index contributed by atoms with van der Waals surface area (Å²) < 4.78 is 21.3. The minimum Gasteiger partial charge on any atom is -0.458 e. The van der Waals surface area contributed by atoms with Crippen molar-refractivity contribution >= 4 is 17.9 Å². The second-order valence-corrected chi connectivity index (χ2v) is 10.7. The van der Waals surface area contributed by atoms with E-state index in [0.717, 1.165) is 34.0 Å². The van der Waals surface area contributed by atoms with Crippen LogP contribution in [0.5, 0.6) is 0 Å². The summed E-state index contributed by atoms with van der Waals surface area (Å²) in [7, 11) is 0. The number of aliphatic hydroxyl groups is 1. The molecule has 200 valence electrons. The zero-order valence-corrected chi connectivity index (χ0v) is 22.1. The lowest BCUT2D eigenvalue weighted by molar-refractivity contribution is -0.156. The third-order valence-corrected chi connectivity index (χ3v) is 7.32. The average Bonchev–Trinajstić information content (AvgIpc) is 3.28. The number of cyclic esters (lactones) is 1. The fourth-order valence-corrected chi connectivity index (χ4v) is 5.44. The van der Waals surface area contributed by atoms with Gasteiger partial charge < -0.3 is 19.7 Å². The average molecular weight is 518 g/mol. The molecule has 0 radical (unpaired) electrons. The van der Waals surface area contributed by atoms with Crippen LogP contribution in [0.15, 0.2) is 54.6 Å². The topological polar surface area (TPSA) is 76.4 Å². The maximum absolute atomic E-state index is 13.9. The van der Waals surface area contributed by atoms with Gasteiger partial charge in [-0.15, -0.1) is 0 Å². The minimum absolute atomic E-state index is 0.0167. The molecule has 1 saturated heterocycles. The molecule has 1 aliphatic heterocycles. The summed E-state index contributed by atoms with van der Waals surface area (Å²) >= 11 is 0. The van der Waals surface area contributed by atoms with Gasteiger partial charge in [-0.05, 0) is 55.3 Å². The highest BCUT2D eigenvalue weighted by Crippen LogP contribution is 2.37. The number of hydrogen-bond acceptors (Lipinski definition) is 5. The van der Waals surface area contributed by atoms with E-state index in [2.05, 4.69) is 37.4 Å². The number of benzene rings is 2. The Labute approximate surface area is 223 Å². The first kappa shape index (κ1) is 26.2. The van der Waals surface area contributed by atoms with E-state index in [9.17, 15) is 14.3 Å². The Bertz CT molecular complexity index is 1290. The Morgan fingerprint density at radius 1 is 1.11 bits per heavy atom. The monoisotopic (exact) mass is 517 g/mol. The maximum atomic E-state index is 13.9. The second-order valence-electron chi connectivity index (χ2n) is 10.7. The predicted octanol–water partition coefficient (Wildman–Crippen LogP) is 6.76. The lowest BCUT2D eigenvalue weighted by Gasteiger charge is -2.24. The molecule has 1 aliphatic carbocycles. The van der Waals surface area contributed by atoms with E-state index in [-0.39, 0.29) is 18.2 Å². The van der Waals surface area contributed by atoms with Crippen LogP contribution in [-0.2, 0) is 9.53 Å². The minimum atomic E-state index is -0.718. The van der Waals surface area contributed by atoms with Gasteiger partial charge in [0.25, 0.3) is 0 Å². The molecule has 3 aromatic rings. The molecule has 38 heavy (non-hydrogen) atoms. The lowest BCUT2D eigenvalue weighted by atomic mass is 9.95. The zero-order chi connectivity index (χ0) is 26.6. The van der Waals surface area contributed by atoms with Crippen molar-refractivity contribution in [1.82, 2.24) is 9.55 Å². The number of aromatic nitrogens is 2. The van der Waals surface area contributed by atoms with Gasteiger partial charge in [0.05, 0.1) is 23.9 Å². The number of ether oxygens (including phenoxy) is 1. The Morgan fingerprint density at radius 2 is 1.87 bits per heavy atom. The molecule has 2 fully saturated rings. The molecule has 1 saturated carbocycles. The number of nitrogens with zero attached hydrogens (tertiary/aromatic N) is 2. The number of hydrogen-bond donors (Lipinski definition) is 2. The summed E-state index contributed by atoms with van der Waals surface area (Å²) in [6.07, 6.45) is 8.97. The summed E-state index contributed by atoms with van der Waals surface area (Å²) in [4.78, 5) is 17.0. The van der Waals surface area contributed by atoms with Gasteiger partial charge in [-0.1, -0.05) is 45.2 Å². The van der Waals surface area contributed by atoms with Crippen LogP contribution in [0.3, 0.4) is 0 Å². The molecule has 2 N–H and O–H groups in total. The van der Waals surface area contributed by atoms with Gasteiger partial charge in [-0.2, -0.15) is 0 Å². The summed E-state index contributed by atoms with van der Waals surface area (Å²) in [5, 5.41) is 13.8. The lowest BCUT2D eigenvalue weighted by Crippen LogP contribution is -2.31.